The van der Waals surface area contributed by atoms with E-state index in [4.69, 9.17) is 18.9 Å². The zero-order valence-electron chi connectivity index (χ0n) is 20.4. The zero-order chi connectivity index (χ0) is 23.9. The number of benzene rings is 2. The average Bonchev–Trinajstić information content (AvgIpc) is 2.77. The molecule has 0 heterocycles. The summed E-state index contributed by atoms with van der Waals surface area (Å²) in [5.41, 5.74) is 2.61. The molecule has 2 aromatic carbocycles. The van der Waals surface area contributed by atoms with E-state index in [2.05, 4.69) is 42.5 Å². The van der Waals surface area contributed by atoms with Crippen molar-refractivity contribution in [3.8, 4) is 11.5 Å². The molecule has 0 amide bonds. The lowest BCUT2D eigenvalue weighted by atomic mass is 10.0. The highest BCUT2D eigenvalue weighted by atomic mass is 16.7. The van der Waals surface area contributed by atoms with Crippen LogP contribution in [0.1, 0.15) is 63.6 Å². The molecule has 0 bridgehead atoms. The van der Waals surface area contributed by atoms with Crippen LogP contribution in [0.2, 0.25) is 0 Å². The van der Waals surface area contributed by atoms with Crippen LogP contribution in [0.15, 0.2) is 48.5 Å². The number of rotatable bonds is 15. The summed E-state index contributed by atoms with van der Waals surface area (Å²) in [6.45, 7) is 9.13. The maximum atomic E-state index is 9.81. The molecule has 0 radical (unpaired) electrons. The van der Waals surface area contributed by atoms with Gasteiger partial charge in [0.2, 0.25) is 0 Å². The largest absolute Gasteiger partial charge is 0.467 e. The second kappa shape index (κ2) is 14.5. The van der Waals surface area contributed by atoms with E-state index in [0.29, 0.717) is 24.7 Å². The Balaban J connectivity index is 2.06. The quantitative estimate of drug-likeness (QED) is 0.188. The summed E-state index contributed by atoms with van der Waals surface area (Å²) in [6.07, 6.45) is 11.1. The van der Waals surface area contributed by atoms with E-state index >= 15 is 0 Å². The molecule has 0 saturated carbocycles. The summed E-state index contributed by atoms with van der Waals surface area (Å²) in [7, 11) is 0. The van der Waals surface area contributed by atoms with Crippen molar-refractivity contribution >= 4 is 18.2 Å². The number of aliphatic hydroxyl groups is 1. The Kier molecular flexibility index (Phi) is 11.7. The van der Waals surface area contributed by atoms with E-state index in [1.807, 2.05) is 52.0 Å². The molecule has 0 aliphatic carbocycles. The Hall–Kier alpha value is -2.60. The minimum Gasteiger partial charge on any atom is -0.467 e. The summed E-state index contributed by atoms with van der Waals surface area (Å²) in [5, 5.41) is 9.81. The van der Waals surface area contributed by atoms with Crippen LogP contribution in [0.25, 0.3) is 18.2 Å². The molecule has 0 atom stereocenters. The fourth-order valence-electron chi connectivity index (χ4n) is 3.07. The fraction of sp³-hybridized carbons (Fsp3) is 0.429. The number of allylic oxidation sites excluding steroid dienone is 1. The molecule has 180 valence electrons. The van der Waals surface area contributed by atoms with Gasteiger partial charge in [-0.05, 0) is 81.8 Å². The van der Waals surface area contributed by atoms with Crippen molar-refractivity contribution in [3.63, 3.8) is 0 Å². The molecular formula is C28H38O5. The molecule has 0 saturated heterocycles. The van der Waals surface area contributed by atoms with Gasteiger partial charge in [-0.2, -0.15) is 0 Å². The molecule has 0 spiro atoms. The summed E-state index contributed by atoms with van der Waals surface area (Å²) in [6, 6.07) is 14.1. The van der Waals surface area contributed by atoms with E-state index in [0.717, 1.165) is 36.0 Å². The standard InChI is InChI=1S/C28H38O5/c1-5-30-21-32-26-18-25(19-27(20-26)33-22-31-6-2)15-14-24-13-10-12-23(17-24)11-8-7-9-16-28(3,4)29/h8,10-15,17-20,29H,5-7,9,16,21-22H2,1-4H3/b11-8+,15-14+. The number of ether oxygens (including phenoxy) is 4. The first-order valence-corrected chi connectivity index (χ1v) is 11.6. The van der Waals surface area contributed by atoms with Crippen molar-refractivity contribution in [2.75, 3.05) is 26.8 Å². The van der Waals surface area contributed by atoms with Gasteiger partial charge < -0.3 is 24.1 Å². The Morgan fingerprint density at radius 3 is 1.94 bits per heavy atom. The summed E-state index contributed by atoms with van der Waals surface area (Å²) < 4.78 is 22.0. The Bertz CT molecular complexity index is 852. The summed E-state index contributed by atoms with van der Waals surface area (Å²) >= 11 is 0. The molecule has 0 aliphatic heterocycles. The van der Waals surface area contributed by atoms with E-state index in [1.165, 1.54) is 0 Å². The molecule has 2 aromatic rings. The first-order chi connectivity index (χ1) is 15.9. The fourth-order valence-corrected chi connectivity index (χ4v) is 3.07. The van der Waals surface area contributed by atoms with Gasteiger partial charge in [0.1, 0.15) is 11.5 Å². The first kappa shape index (κ1) is 26.7. The van der Waals surface area contributed by atoms with Crippen LogP contribution in [0.5, 0.6) is 11.5 Å². The minimum atomic E-state index is -0.599. The third kappa shape index (κ3) is 11.7. The average molecular weight is 455 g/mol. The van der Waals surface area contributed by atoms with Crippen LogP contribution in [0.4, 0.5) is 0 Å². The van der Waals surface area contributed by atoms with Gasteiger partial charge in [-0.25, -0.2) is 0 Å². The Morgan fingerprint density at radius 1 is 0.788 bits per heavy atom. The Morgan fingerprint density at radius 2 is 1.36 bits per heavy atom. The van der Waals surface area contributed by atoms with Crippen molar-refractivity contribution < 1.29 is 24.1 Å². The van der Waals surface area contributed by atoms with Crippen LogP contribution >= 0.6 is 0 Å². The van der Waals surface area contributed by atoms with Crippen molar-refractivity contribution in [3.05, 3.63) is 65.2 Å². The molecular weight excluding hydrogens is 416 g/mol. The van der Waals surface area contributed by atoms with Crippen LogP contribution < -0.4 is 9.47 Å². The number of hydrogen-bond acceptors (Lipinski definition) is 5. The topological polar surface area (TPSA) is 57.2 Å². The van der Waals surface area contributed by atoms with Gasteiger partial charge in [0.05, 0.1) is 5.60 Å². The lowest BCUT2D eigenvalue weighted by Crippen LogP contribution is -2.17. The molecule has 0 aromatic heterocycles. The van der Waals surface area contributed by atoms with Crippen molar-refractivity contribution in [1.82, 2.24) is 0 Å². The van der Waals surface area contributed by atoms with E-state index < -0.39 is 5.60 Å². The maximum Gasteiger partial charge on any atom is 0.189 e. The summed E-state index contributed by atoms with van der Waals surface area (Å²) in [5.74, 6) is 1.36. The molecule has 5 heteroatoms. The smallest absolute Gasteiger partial charge is 0.189 e. The van der Waals surface area contributed by atoms with E-state index in [1.54, 1.807) is 0 Å². The SMILES string of the molecule is CCOCOc1cc(/C=C/c2cccc(/C=C/CCCC(C)(C)O)c2)cc(OCOCC)c1. The van der Waals surface area contributed by atoms with Crippen LogP contribution in [-0.4, -0.2) is 37.5 Å². The molecule has 1 N–H and O–H groups in total. The van der Waals surface area contributed by atoms with Crippen LogP contribution in [-0.2, 0) is 9.47 Å². The second-order valence-corrected chi connectivity index (χ2v) is 8.36. The van der Waals surface area contributed by atoms with Gasteiger partial charge in [0.15, 0.2) is 13.6 Å². The molecule has 0 unspecified atom stereocenters. The van der Waals surface area contributed by atoms with Gasteiger partial charge in [-0.1, -0.05) is 42.5 Å². The van der Waals surface area contributed by atoms with E-state index in [9.17, 15) is 5.11 Å². The Labute approximate surface area is 198 Å². The number of unbranched alkanes of at least 4 members (excludes halogenated alkanes) is 1. The highest BCUT2D eigenvalue weighted by Crippen LogP contribution is 2.25. The maximum absolute atomic E-state index is 9.81. The monoisotopic (exact) mass is 454 g/mol. The van der Waals surface area contributed by atoms with Gasteiger partial charge in [-0.3, -0.25) is 0 Å². The van der Waals surface area contributed by atoms with Crippen molar-refractivity contribution in [2.24, 2.45) is 0 Å². The van der Waals surface area contributed by atoms with Gasteiger partial charge >= 0.3 is 0 Å². The van der Waals surface area contributed by atoms with Crippen LogP contribution in [0.3, 0.4) is 0 Å². The third-order valence-corrected chi connectivity index (χ3v) is 4.78. The molecule has 2 rings (SSSR count). The predicted octanol–water partition coefficient (Wildman–Crippen LogP) is 6.56. The lowest BCUT2D eigenvalue weighted by molar-refractivity contribution is 0.0182. The molecule has 5 nitrogen and oxygen atoms in total. The van der Waals surface area contributed by atoms with Crippen LogP contribution in [0, 0.1) is 0 Å². The van der Waals surface area contributed by atoms with Crippen molar-refractivity contribution in [1.29, 1.82) is 0 Å². The second-order valence-electron chi connectivity index (χ2n) is 8.36. The van der Waals surface area contributed by atoms with Gasteiger partial charge in [-0.15, -0.1) is 0 Å². The van der Waals surface area contributed by atoms with E-state index in [-0.39, 0.29) is 13.6 Å². The highest BCUT2D eigenvalue weighted by Gasteiger charge is 2.10. The number of hydrogen-bond donors (Lipinski definition) is 1. The molecule has 0 fully saturated rings. The first-order valence-electron chi connectivity index (χ1n) is 11.6. The molecule has 0 aliphatic rings. The van der Waals surface area contributed by atoms with Gasteiger partial charge in [0, 0.05) is 19.3 Å². The third-order valence-electron chi connectivity index (χ3n) is 4.78. The summed E-state index contributed by atoms with van der Waals surface area (Å²) in [4.78, 5) is 0. The van der Waals surface area contributed by atoms with Gasteiger partial charge in [0.25, 0.3) is 0 Å². The molecule has 33 heavy (non-hydrogen) atoms. The lowest BCUT2D eigenvalue weighted by Gasteiger charge is -2.15. The van der Waals surface area contributed by atoms with Crippen molar-refractivity contribution in [2.45, 2.75) is 52.6 Å². The minimum absolute atomic E-state index is 0.193. The predicted molar refractivity (Wildman–Crippen MR) is 135 cm³/mol. The zero-order valence-corrected chi connectivity index (χ0v) is 20.4. The highest BCUT2D eigenvalue weighted by molar-refractivity contribution is 5.72. The normalized spacial score (nSPS) is 12.0.